The van der Waals surface area contributed by atoms with Gasteiger partial charge in [-0.1, -0.05) is 12.8 Å². The Balaban J connectivity index is 3.39. The van der Waals surface area contributed by atoms with Gasteiger partial charge < -0.3 is 20.1 Å². The molecular formula is C16H28N2O6. The van der Waals surface area contributed by atoms with Crippen molar-refractivity contribution >= 4 is 23.8 Å². The Morgan fingerprint density at radius 3 is 1.33 bits per heavy atom. The molecule has 0 aromatic carbocycles. The molecule has 0 aromatic rings. The lowest BCUT2D eigenvalue weighted by atomic mass is 10.2. The number of esters is 2. The lowest BCUT2D eigenvalue weighted by molar-refractivity contribution is -0.142. The summed E-state index contributed by atoms with van der Waals surface area (Å²) in [6.07, 6.45) is 4.05. The molecule has 0 aromatic heterocycles. The number of methoxy groups -OCH3 is 2. The third kappa shape index (κ3) is 13.5. The zero-order valence-electron chi connectivity index (χ0n) is 14.5. The second kappa shape index (κ2) is 14.5. The Kier molecular flexibility index (Phi) is 13.2. The van der Waals surface area contributed by atoms with E-state index in [1.165, 1.54) is 14.2 Å². The quantitative estimate of drug-likeness (QED) is 0.375. The molecule has 24 heavy (non-hydrogen) atoms. The molecule has 0 rings (SSSR count). The highest BCUT2D eigenvalue weighted by Gasteiger charge is 2.06. The van der Waals surface area contributed by atoms with Crippen LogP contribution in [0.1, 0.15) is 51.4 Å². The summed E-state index contributed by atoms with van der Waals surface area (Å²) in [4.78, 5) is 44.6. The number of ether oxygens (including phenoxy) is 2. The third-order valence-corrected chi connectivity index (χ3v) is 3.32. The number of hydrogen-bond acceptors (Lipinski definition) is 6. The summed E-state index contributed by atoms with van der Waals surface area (Å²) in [7, 11) is 2.59. The van der Waals surface area contributed by atoms with E-state index in [0.717, 1.165) is 25.7 Å². The number of hydrogen-bond donors (Lipinski definition) is 2. The van der Waals surface area contributed by atoms with E-state index >= 15 is 0 Å². The van der Waals surface area contributed by atoms with Crippen molar-refractivity contribution in [2.24, 2.45) is 0 Å². The first kappa shape index (κ1) is 21.9. The van der Waals surface area contributed by atoms with Crippen LogP contribution in [0, 0.1) is 0 Å². The summed E-state index contributed by atoms with van der Waals surface area (Å²) in [6, 6.07) is 0. The molecule has 138 valence electrons. The molecule has 0 heterocycles. The van der Waals surface area contributed by atoms with Crippen molar-refractivity contribution in [2.45, 2.75) is 51.4 Å². The van der Waals surface area contributed by atoms with Gasteiger partial charge >= 0.3 is 11.9 Å². The second-order valence-corrected chi connectivity index (χ2v) is 5.27. The van der Waals surface area contributed by atoms with Gasteiger partial charge in [0.25, 0.3) is 0 Å². The van der Waals surface area contributed by atoms with Gasteiger partial charge in [-0.25, -0.2) is 0 Å². The molecule has 0 bridgehead atoms. The van der Waals surface area contributed by atoms with Gasteiger partial charge in [0.15, 0.2) is 0 Å². The maximum Gasteiger partial charge on any atom is 0.306 e. The fourth-order valence-corrected chi connectivity index (χ4v) is 1.87. The normalized spacial score (nSPS) is 9.92. The van der Waals surface area contributed by atoms with Crippen molar-refractivity contribution in [2.75, 3.05) is 27.3 Å². The first-order valence-corrected chi connectivity index (χ1v) is 8.16. The van der Waals surface area contributed by atoms with E-state index in [2.05, 4.69) is 20.1 Å². The molecule has 0 fully saturated rings. The van der Waals surface area contributed by atoms with Crippen molar-refractivity contribution in [1.29, 1.82) is 0 Å². The SMILES string of the molecule is COC(=O)CCC(=O)NCCCCCCNC(=O)CCC(=O)OC. The number of rotatable bonds is 13. The van der Waals surface area contributed by atoms with Crippen LogP contribution in [0.4, 0.5) is 0 Å². The van der Waals surface area contributed by atoms with E-state index in [1.54, 1.807) is 0 Å². The van der Waals surface area contributed by atoms with Crippen LogP contribution in [0.3, 0.4) is 0 Å². The lowest BCUT2D eigenvalue weighted by Gasteiger charge is -2.06. The Hall–Kier alpha value is -2.12. The summed E-state index contributed by atoms with van der Waals surface area (Å²) < 4.78 is 8.92. The minimum absolute atomic E-state index is 0.0952. The number of carbonyl (C=O) groups is 4. The van der Waals surface area contributed by atoms with Gasteiger partial charge in [0, 0.05) is 25.9 Å². The number of carbonyl (C=O) groups excluding carboxylic acids is 4. The van der Waals surface area contributed by atoms with E-state index in [4.69, 9.17) is 0 Å². The van der Waals surface area contributed by atoms with E-state index in [9.17, 15) is 19.2 Å². The van der Waals surface area contributed by atoms with Gasteiger partial charge in [0.05, 0.1) is 27.1 Å². The van der Waals surface area contributed by atoms with Crippen LogP contribution >= 0.6 is 0 Å². The van der Waals surface area contributed by atoms with Gasteiger partial charge in [-0.3, -0.25) is 19.2 Å². The molecule has 0 spiro atoms. The fourth-order valence-electron chi connectivity index (χ4n) is 1.87. The molecule has 2 N–H and O–H groups in total. The zero-order valence-corrected chi connectivity index (χ0v) is 14.5. The first-order valence-electron chi connectivity index (χ1n) is 8.16. The minimum Gasteiger partial charge on any atom is -0.469 e. The topological polar surface area (TPSA) is 111 Å². The van der Waals surface area contributed by atoms with Gasteiger partial charge in [-0.2, -0.15) is 0 Å². The summed E-state index contributed by atoms with van der Waals surface area (Å²) in [6.45, 7) is 1.15. The van der Waals surface area contributed by atoms with Crippen LogP contribution in [0.2, 0.25) is 0 Å². The third-order valence-electron chi connectivity index (χ3n) is 3.32. The Morgan fingerprint density at radius 2 is 1.00 bits per heavy atom. The molecule has 0 aliphatic carbocycles. The number of amides is 2. The summed E-state index contributed by atoms with van der Waals surface area (Å²) in [5.74, 6) is -1.09. The van der Waals surface area contributed by atoms with Crippen molar-refractivity contribution in [3.8, 4) is 0 Å². The fraction of sp³-hybridized carbons (Fsp3) is 0.750. The summed E-state index contributed by atoms with van der Waals surface area (Å²) in [5, 5.41) is 5.49. The Labute approximate surface area is 142 Å². The molecule has 0 aliphatic heterocycles. The molecule has 0 radical (unpaired) electrons. The summed E-state index contributed by atoms with van der Waals surface area (Å²) in [5.41, 5.74) is 0. The lowest BCUT2D eigenvalue weighted by Crippen LogP contribution is -2.25. The van der Waals surface area contributed by atoms with Crippen LogP contribution in [0.25, 0.3) is 0 Å². The highest BCUT2D eigenvalue weighted by Crippen LogP contribution is 1.99. The maximum atomic E-state index is 11.4. The predicted molar refractivity (Wildman–Crippen MR) is 87.0 cm³/mol. The highest BCUT2D eigenvalue weighted by atomic mass is 16.5. The van der Waals surface area contributed by atoms with E-state index in [0.29, 0.717) is 13.1 Å². The average Bonchev–Trinajstić information content (AvgIpc) is 2.59. The predicted octanol–water partition coefficient (Wildman–Crippen LogP) is 0.686. The van der Waals surface area contributed by atoms with Crippen LogP contribution in [0.5, 0.6) is 0 Å². The summed E-state index contributed by atoms with van der Waals surface area (Å²) >= 11 is 0. The maximum absolute atomic E-state index is 11.4. The monoisotopic (exact) mass is 344 g/mol. The molecule has 0 atom stereocenters. The molecule has 8 nitrogen and oxygen atoms in total. The van der Waals surface area contributed by atoms with Crippen molar-refractivity contribution < 1.29 is 28.7 Å². The van der Waals surface area contributed by atoms with Crippen LogP contribution < -0.4 is 10.6 Å². The van der Waals surface area contributed by atoms with Crippen LogP contribution in [-0.4, -0.2) is 51.1 Å². The Morgan fingerprint density at radius 1 is 0.625 bits per heavy atom. The molecule has 0 saturated carbocycles. The van der Waals surface area contributed by atoms with Gasteiger partial charge in [0.1, 0.15) is 0 Å². The van der Waals surface area contributed by atoms with Gasteiger partial charge in [0.2, 0.25) is 11.8 Å². The molecule has 0 aliphatic rings. The molecule has 8 heteroatoms. The van der Waals surface area contributed by atoms with E-state index in [1.807, 2.05) is 0 Å². The van der Waals surface area contributed by atoms with E-state index in [-0.39, 0.29) is 37.5 Å². The zero-order chi connectivity index (χ0) is 18.2. The van der Waals surface area contributed by atoms with Crippen LogP contribution in [-0.2, 0) is 28.7 Å². The molecule has 0 unspecified atom stereocenters. The van der Waals surface area contributed by atoms with Crippen LogP contribution in [0.15, 0.2) is 0 Å². The number of unbranched alkanes of at least 4 members (excludes halogenated alkanes) is 3. The van der Waals surface area contributed by atoms with E-state index < -0.39 is 11.9 Å². The first-order chi connectivity index (χ1) is 11.5. The minimum atomic E-state index is -0.390. The van der Waals surface area contributed by atoms with Gasteiger partial charge in [-0.05, 0) is 12.8 Å². The molecular weight excluding hydrogens is 316 g/mol. The smallest absolute Gasteiger partial charge is 0.306 e. The second-order valence-electron chi connectivity index (χ2n) is 5.27. The van der Waals surface area contributed by atoms with Gasteiger partial charge in [-0.15, -0.1) is 0 Å². The van der Waals surface area contributed by atoms with Crippen molar-refractivity contribution in [3.63, 3.8) is 0 Å². The Bertz CT molecular complexity index is 373. The van der Waals surface area contributed by atoms with Crippen molar-refractivity contribution in [3.05, 3.63) is 0 Å². The largest absolute Gasteiger partial charge is 0.469 e. The average molecular weight is 344 g/mol. The standard InChI is InChI=1S/C16H28N2O6/c1-23-15(21)9-7-13(19)17-11-5-3-4-6-12-18-14(20)8-10-16(22)24-2/h3-12H2,1-2H3,(H,17,19)(H,18,20). The number of nitrogens with one attached hydrogen (secondary N) is 2. The highest BCUT2D eigenvalue weighted by molar-refractivity contribution is 5.81. The molecule has 0 saturated heterocycles. The molecule has 2 amide bonds. The van der Waals surface area contributed by atoms with Crippen molar-refractivity contribution in [1.82, 2.24) is 10.6 Å².